The molecule has 1 heterocycles. The summed E-state index contributed by atoms with van der Waals surface area (Å²) in [6.45, 7) is 5.15. The molecule has 5 nitrogen and oxygen atoms in total. The second-order valence-electron chi connectivity index (χ2n) is 4.89. The monoisotopic (exact) mass is 285 g/mol. The molecule has 0 aliphatic rings. The third kappa shape index (κ3) is 4.52. The molecule has 0 aromatic carbocycles. The highest BCUT2D eigenvalue weighted by Crippen LogP contribution is 2.21. The Bertz CT molecular complexity index is 465. The van der Waals surface area contributed by atoms with Crippen molar-refractivity contribution in [3.8, 4) is 0 Å². The standard InChI is InChI=1S/C13H16ClNO4/c1-13(2,3)19-12(17)10(11(16)18-4)9-6-5-8(14)7-15-9/h5-7,10H,1-4H3/t10-/m1/s1. The average molecular weight is 286 g/mol. The number of pyridine rings is 1. The van der Waals surface area contributed by atoms with Gasteiger partial charge in [-0.15, -0.1) is 0 Å². The number of aromatic nitrogens is 1. The number of halogens is 1. The predicted molar refractivity (Wildman–Crippen MR) is 69.8 cm³/mol. The molecule has 0 radical (unpaired) electrons. The molecule has 0 bridgehead atoms. The Morgan fingerprint density at radius 3 is 2.32 bits per heavy atom. The van der Waals surface area contributed by atoms with Crippen LogP contribution in [0.3, 0.4) is 0 Å². The summed E-state index contributed by atoms with van der Waals surface area (Å²) in [5.74, 6) is -2.63. The minimum absolute atomic E-state index is 0.241. The summed E-state index contributed by atoms with van der Waals surface area (Å²) in [5.41, 5.74) is -0.457. The Balaban J connectivity index is 3.05. The predicted octanol–water partition coefficient (Wildman–Crippen LogP) is 2.33. The van der Waals surface area contributed by atoms with E-state index in [1.807, 2.05) is 0 Å². The first-order valence-corrected chi connectivity index (χ1v) is 6.04. The molecule has 0 saturated heterocycles. The molecule has 19 heavy (non-hydrogen) atoms. The quantitative estimate of drug-likeness (QED) is 0.630. The first kappa shape index (κ1) is 15.4. The molecular weight excluding hydrogens is 270 g/mol. The van der Waals surface area contributed by atoms with Crippen molar-refractivity contribution in [2.45, 2.75) is 32.3 Å². The summed E-state index contributed by atoms with van der Waals surface area (Å²) in [6.07, 6.45) is 1.36. The summed E-state index contributed by atoms with van der Waals surface area (Å²) in [7, 11) is 1.20. The number of hydrogen-bond acceptors (Lipinski definition) is 5. The van der Waals surface area contributed by atoms with Gasteiger partial charge in [0.25, 0.3) is 0 Å². The van der Waals surface area contributed by atoms with Gasteiger partial charge in [-0.3, -0.25) is 14.6 Å². The van der Waals surface area contributed by atoms with E-state index in [1.165, 1.54) is 19.4 Å². The minimum atomic E-state index is -1.21. The molecule has 0 aliphatic heterocycles. The fourth-order valence-corrected chi connectivity index (χ4v) is 1.49. The normalized spacial score (nSPS) is 12.7. The van der Waals surface area contributed by atoms with E-state index < -0.39 is 23.5 Å². The van der Waals surface area contributed by atoms with Crippen molar-refractivity contribution in [3.63, 3.8) is 0 Å². The molecule has 0 spiro atoms. The third-order valence-corrected chi connectivity index (χ3v) is 2.35. The van der Waals surface area contributed by atoms with Crippen LogP contribution in [0.25, 0.3) is 0 Å². The van der Waals surface area contributed by atoms with E-state index in [-0.39, 0.29) is 5.69 Å². The highest BCUT2D eigenvalue weighted by Gasteiger charge is 2.34. The summed E-state index contributed by atoms with van der Waals surface area (Å²) >= 11 is 5.72. The van der Waals surface area contributed by atoms with Gasteiger partial charge in [0.1, 0.15) is 5.60 Å². The molecule has 1 rings (SSSR count). The Labute approximate surface area is 116 Å². The van der Waals surface area contributed by atoms with Crippen LogP contribution in [-0.4, -0.2) is 29.6 Å². The average Bonchev–Trinajstić information content (AvgIpc) is 2.29. The van der Waals surface area contributed by atoms with Gasteiger partial charge in [-0.25, -0.2) is 0 Å². The van der Waals surface area contributed by atoms with E-state index in [4.69, 9.17) is 16.3 Å². The van der Waals surface area contributed by atoms with Crippen LogP contribution in [-0.2, 0) is 19.1 Å². The zero-order valence-electron chi connectivity index (χ0n) is 11.3. The highest BCUT2D eigenvalue weighted by atomic mass is 35.5. The molecule has 104 valence electrons. The molecule has 0 amide bonds. The van der Waals surface area contributed by atoms with E-state index in [2.05, 4.69) is 9.72 Å². The maximum absolute atomic E-state index is 12.0. The van der Waals surface area contributed by atoms with Crippen molar-refractivity contribution in [2.24, 2.45) is 0 Å². The zero-order valence-corrected chi connectivity index (χ0v) is 12.0. The largest absolute Gasteiger partial charge is 0.468 e. The number of ether oxygens (including phenoxy) is 2. The van der Waals surface area contributed by atoms with Crippen LogP contribution >= 0.6 is 11.6 Å². The third-order valence-electron chi connectivity index (χ3n) is 2.13. The summed E-state index contributed by atoms with van der Waals surface area (Å²) in [5, 5.41) is 0.413. The lowest BCUT2D eigenvalue weighted by Gasteiger charge is -2.22. The van der Waals surface area contributed by atoms with Crippen LogP contribution in [0.4, 0.5) is 0 Å². The molecule has 0 aliphatic carbocycles. The molecule has 1 aromatic heterocycles. The van der Waals surface area contributed by atoms with Crippen LogP contribution in [0.15, 0.2) is 18.3 Å². The summed E-state index contributed by atoms with van der Waals surface area (Å²) in [6, 6.07) is 3.04. The first-order valence-electron chi connectivity index (χ1n) is 5.67. The van der Waals surface area contributed by atoms with Crippen molar-refractivity contribution >= 4 is 23.5 Å². The minimum Gasteiger partial charge on any atom is -0.468 e. The van der Waals surface area contributed by atoms with E-state index in [9.17, 15) is 9.59 Å². The smallest absolute Gasteiger partial charge is 0.327 e. The van der Waals surface area contributed by atoms with Gasteiger partial charge in [0.15, 0.2) is 5.92 Å². The molecule has 0 unspecified atom stereocenters. The number of carbonyl (C=O) groups is 2. The van der Waals surface area contributed by atoms with E-state index >= 15 is 0 Å². The maximum atomic E-state index is 12.0. The lowest BCUT2D eigenvalue weighted by molar-refractivity contribution is -0.163. The topological polar surface area (TPSA) is 65.5 Å². The number of rotatable bonds is 3. The zero-order chi connectivity index (χ0) is 14.6. The molecule has 6 heteroatoms. The van der Waals surface area contributed by atoms with E-state index in [0.29, 0.717) is 5.02 Å². The fraction of sp³-hybridized carbons (Fsp3) is 0.462. The molecule has 0 N–H and O–H groups in total. The van der Waals surface area contributed by atoms with Crippen LogP contribution in [0.5, 0.6) is 0 Å². The van der Waals surface area contributed by atoms with Crippen LogP contribution < -0.4 is 0 Å². The maximum Gasteiger partial charge on any atom is 0.327 e. The van der Waals surface area contributed by atoms with Gasteiger partial charge in [0.2, 0.25) is 0 Å². The second kappa shape index (κ2) is 6.02. The van der Waals surface area contributed by atoms with Gasteiger partial charge in [0, 0.05) is 6.20 Å². The van der Waals surface area contributed by atoms with Crippen LogP contribution in [0.2, 0.25) is 5.02 Å². The van der Waals surface area contributed by atoms with Gasteiger partial charge in [0.05, 0.1) is 17.8 Å². The molecule has 0 fully saturated rings. The van der Waals surface area contributed by atoms with Gasteiger partial charge in [-0.2, -0.15) is 0 Å². The lowest BCUT2D eigenvalue weighted by Crippen LogP contribution is -2.32. The Hall–Kier alpha value is -1.62. The highest BCUT2D eigenvalue weighted by molar-refractivity contribution is 6.30. The van der Waals surface area contributed by atoms with Crippen molar-refractivity contribution < 1.29 is 19.1 Å². The fourth-order valence-electron chi connectivity index (χ4n) is 1.37. The second-order valence-corrected chi connectivity index (χ2v) is 5.33. The van der Waals surface area contributed by atoms with Gasteiger partial charge in [-0.05, 0) is 32.9 Å². The Kier molecular flexibility index (Phi) is 4.89. The Morgan fingerprint density at radius 1 is 1.26 bits per heavy atom. The molecule has 0 saturated carbocycles. The van der Waals surface area contributed by atoms with E-state index in [0.717, 1.165) is 0 Å². The van der Waals surface area contributed by atoms with Crippen LogP contribution in [0.1, 0.15) is 32.4 Å². The number of methoxy groups -OCH3 is 1. The summed E-state index contributed by atoms with van der Waals surface area (Å²) < 4.78 is 9.81. The van der Waals surface area contributed by atoms with Crippen molar-refractivity contribution in [1.29, 1.82) is 0 Å². The van der Waals surface area contributed by atoms with Crippen molar-refractivity contribution in [1.82, 2.24) is 4.98 Å². The number of carbonyl (C=O) groups excluding carboxylic acids is 2. The number of esters is 2. The molecule has 1 atom stereocenters. The first-order chi connectivity index (χ1) is 8.74. The Morgan fingerprint density at radius 2 is 1.89 bits per heavy atom. The van der Waals surface area contributed by atoms with Crippen molar-refractivity contribution in [2.75, 3.05) is 7.11 Å². The van der Waals surface area contributed by atoms with Crippen LogP contribution in [0, 0.1) is 0 Å². The lowest BCUT2D eigenvalue weighted by atomic mass is 10.0. The van der Waals surface area contributed by atoms with Gasteiger partial charge >= 0.3 is 11.9 Å². The summed E-state index contributed by atoms with van der Waals surface area (Å²) in [4.78, 5) is 27.7. The molecule has 1 aromatic rings. The number of hydrogen-bond donors (Lipinski definition) is 0. The number of nitrogens with zero attached hydrogens (tertiary/aromatic N) is 1. The van der Waals surface area contributed by atoms with Gasteiger partial charge < -0.3 is 9.47 Å². The SMILES string of the molecule is COC(=O)[C@H](C(=O)OC(C)(C)C)c1ccc(Cl)cn1. The van der Waals surface area contributed by atoms with Gasteiger partial charge in [-0.1, -0.05) is 11.6 Å². The molecular formula is C13H16ClNO4. The van der Waals surface area contributed by atoms with E-state index in [1.54, 1.807) is 26.8 Å². The van der Waals surface area contributed by atoms with Crippen molar-refractivity contribution in [3.05, 3.63) is 29.0 Å².